The molecule has 0 aromatic heterocycles. The van der Waals surface area contributed by atoms with Crippen LogP contribution < -0.4 is 0 Å². The highest BCUT2D eigenvalue weighted by Crippen LogP contribution is 2.30. The third-order valence-corrected chi connectivity index (χ3v) is 4.92. The highest BCUT2D eigenvalue weighted by Gasteiger charge is 2.35. The standard InChI is InChI=1S/C22H28N2O2/c1-15-7-9-19(25)17(11-15)13-23-21(3,4)22(5,6)24-14-18-12-16(2)8-10-20(18)26/h7-14,25-26H,1-6H3. The Bertz CT molecular complexity index is 778. The van der Waals surface area contributed by atoms with Crippen molar-refractivity contribution in [3.05, 3.63) is 58.7 Å². The predicted molar refractivity (Wildman–Crippen MR) is 109 cm³/mol. The van der Waals surface area contributed by atoms with Crippen molar-refractivity contribution >= 4 is 12.4 Å². The second kappa shape index (κ2) is 7.32. The monoisotopic (exact) mass is 352 g/mol. The number of aromatic hydroxyl groups is 2. The number of phenols is 2. The van der Waals surface area contributed by atoms with Crippen molar-refractivity contribution in [2.45, 2.75) is 52.6 Å². The van der Waals surface area contributed by atoms with Gasteiger partial charge in [-0.3, -0.25) is 9.98 Å². The minimum Gasteiger partial charge on any atom is -0.507 e. The van der Waals surface area contributed by atoms with Crippen LogP contribution in [0.25, 0.3) is 0 Å². The lowest BCUT2D eigenvalue weighted by Crippen LogP contribution is -2.42. The van der Waals surface area contributed by atoms with Gasteiger partial charge in [-0.05, 0) is 65.8 Å². The van der Waals surface area contributed by atoms with E-state index < -0.39 is 11.1 Å². The summed E-state index contributed by atoms with van der Waals surface area (Å²) in [6.07, 6.45) is 3.40. The first-order chi connectivity index (χ1) is 12.0. The van der Waals surface area contributed by atoms with Crippen LogP contribution in [0.2, 0.25) is 0 Å². The van der Waals surface area contributed by atoms with Crippen LogP contribution in [0.5, 0.6) is 11.5 Å². The molecule has 2 N–H and O–H groups in total. The Kier molecular flexibility index (Phi) is 5.55. The fraction of sp³-hybridized carbons (Fsp3) is 0.364. The van der Waals surface area contributed by atoms with Crippen molar-refractivity contribution < 1.29 is 10.2 Å². The molecule has 0 heterocycles. The molecule has 2 rings (SSSR count). The molecule has 0 fully saturated rings. The van der Waals surface area contributed by atoms with Crippen LogP contribution in [0.15, 0.2) is 46.4 Å². The molecule has 0 aliphatic heterocycles. The van der Waals surface area contributed by atoms with E-state index in [4.69, 9.17) is 9.98 Å². The molecule has 2 aromatic carbocycles. The third-order valence-electron chi connectivity index (χ3n) is 4.92. The first kappa shape index (κ1) is 19.7. The number of aliphatic imine (C=N–C) groups is 2. The summed E-state index contributed by atoms with van der Waals surface area (Å²) in [7, 11) is 0. The normalized spacial score (nSPS) is 13.0. The van der Waals surface area contributed by atoms with Crippen LogP contribution in [0.1, 0.15) is 49.9 Å². The second-order valence-corrected chi connectivity index (χ2v) is 7.76. The van der Waals surface area contributed by atoms with E-state index in [1.807, 2.05) is 65.8 Å². The molecule has 0 saturated carbocycles. The van der Waals surface area contributed by atoms with E-state index >= 15 is 0 Å². The molecular formula is C22H28N2O2. The molecule has 26 heavy (non-hydrogen) atoms. The van der Waals surface area contributed by atoms with Gasteiger partial charge in [0, 0.05) is 23.6 Å². The molecule has 0 aliphatic rings. The molecule has 4 heteroatoms. The largest absolute Gasteiger partial charge is 0.507 e. The molecule has 0 aliphatic carbocycles. The zero-order valence-corrected chi connectivity index (χ0v) is 16.4. The molecule has 4 nitrogen and oxygen atoms in total. The number of benzene rings is 2. The van der Waals surface area contributed by atoms with Crippen LogP contribution in [-0.2, 0) is 0 Å². The maximum Gasteiger partial charge on any atom is 0.124 e. The van der Waals surface area contributed by atoms with Crippen LogP contribution in [0, 0.1) is 13.8 Å². The maximum absolute atomic E-state index is 9.99. The molecule has 0 unspecified atom stereocenters. The number of nitrogens with zero attached hydrogens (tertiary/aromatic N) is 2. The van der Waals surface area contributed by atoms with Gasteiger partial charge in [0.05, 0.1) is 11.1 Å². The highest BCUT2D eigenvalue weighted by atomic mass is 16.3. The van der Waals surface area contributed by atoms with E-state index in [0.717, 1.165) is 11.1 Å². The third kappa shape index (κ3) is 4.51. The van der Waals surface area contributed by atoms with Gasteiger partial charge < -0.3 is 10.2 Å². The van der Waals surface area contributed by atoms with E-state index in [1.54, 1.807) is 24.6 Å². The van der Waals surface area contributed by atoms with Crippen molar-refractivity contribution in [1.29, 1.82) is 0 Å². The van der Waals surface area contributed by atoms with Gasteiger partial charge in [0.15, 0.2) is 0 Å². The van der Waals surface area contributed by atoms with Gasteiger partial charge in [0.1, 0.15) is 11.5 Å². The highest BCUT2D eigenvalue weighted by molar-refractivity contribution is 5.85. The smallest absolute Gasteiger partial charge is 0.124 e. The maximum atomic E-state index is 9.99. The van der Waals surface area contributed by atoms with Gasteiger partial charge in [-0.25, -0.2) is 0 Å². The summed E-state index contributed by atoms with van der Waals surface area (Å²) in [5, 5.41) is 20.0. The lowest BCUT2D eigenvalue weighted by atomic mass is 9.83. The van der Waals surface area contributed by atoms with Crippen LogP contribution in [0.4, 0.5) is 0 Å². The Morgan fingerprint density at radius 1 is 0.692 bits per heavy atom. The lowest BCUT2D eigenvalue weighted by molar-refractivity contribution is 0.317. The van der Waals surface area contributed by atoms with Crippen LogP contribution in [0.3, 0.4) is 0 Å². The Balaban J connectivity index is 2.28. The fourth-order valence-electron chi connectivity index (χ4n) is 2.33. The summed E-state index contributed by atoms with van der Waals surface area (Å²) in [4.78, 5) is 9.38. The van der Waals surface area contributed by atoms with Gasteiger partial charge in [-0.1, -0.05) is 23.3 Å². The van der Waals surface area contributed by atoms with Crippen molar-refractivity contribution in [2.24, 2.45) is 9.98 Å². The predicted octanol–water partition coefficient (Wildman–Crippen LogP) is 4.81. The first-order valence-corrected chi connectivity index (χ1v) is 8.71. The number of hydrogen-bond donors (Lipinski definition) is 2. The summed E-state index contributed by atoms with van der Waals surface area (Å²) in [6, 6.07) is 10.9. The van der Waals surface area contributed by atoms with Gasteiger partial charge in [0.25, 0.3) is 0 Å². The summed E-state index contributed by atoms with van der Waals surface area (Å²) in [5.74, 6) is 0.419. The Morgan fingerprint density at radius 2 is 1.04 bits per heavy atom. The van der Waals surface area contributed by atoms with Crippen LogP contribution in [-0.4, -0.2) is 33.7 Å². The Hall–Kier alpha value is -2.62. The van der Waals surface area contributed by atoms with Gasteiger partial charge >= 0.3 is 0 Å². The van der Waals surface area contributed by atoms with Crippen molar-refractivity contribution in [2.75, 3.05) is 0 Å². The zero-order chi connectivity index (χ0) is 19.5. The van der Waals surface area contributed by atoms with E-state index in [2.05, 4.69) is 0 Å². The number of aryl methyl sites for hydroxylation is 2. The molecule has 0 atom stereocenters. The first-order valence-electron chi connectivity index (χ1n) is 8.71. The van der Waals surface area contributed by atoms with E-state index in [1.165, 1.54) is 0 Å². The Labute approximate surface area is 156 Å². The topological polar surface area (TPSA) is 65.2 Å². The molecule has 0 spiro atoms. The molecule has 138 valence electrons. The molecule has 0 amide bonds. The SMILES string of the molecule is Cc1ccc(O)c(C=NC(C)(C)C(C)(C)N=Cc2cc(C)ccc2O)c1. The quantitative estimate of drug-likeness (QED) is 0.758. The fourth-order valence-corrected chi connectivity index (χ4v) is 2.33. The number of rotatable bonds is 5. The molecule has 0 bridgehead atoms. The minimum atomic E-state index is -0.515. The molecular weight excluding hydrogens is 324 g/mol. The van der Waals surface area contributed by atoms with Crippen molar-refractivity contribution in [3.63, 3.8) is 0 Å². The van der Waals surface area contributed by atoms with E-state index in [9.17, 15) is 10.2 Å². The average molecular weight is 352 g/mol. The molecule has 0 saturated heterocycles. The second-order valence-electron chi connectivity index (χ2n) is 7.76. The van der Waals surface area contributed by atoms with Crippen LogP contribution >= 0.6 is 0 Å². The number of phenolic OH excluding ortho intramolecular Hbond substituents is 2. The van der Waals surface area contributed by atoms with Gasteiger partial charge in [-0.2, -0.15) is 0 Å². The van der Waals surface area contributed by atoms with E-state index in [0.29, 0.717) is 11.1 Å². The number of hydrogen-bond acceptors (Lipinski definition) is 4. The van der Waals surface area contributed by atoms with E-state index in [-0.39, 0.29) is 11.5 Å². The summed E-state index contributed by atoms with van der Waals surface area (Å²) >= 11 is 0. The summed E-state index contributed by atoms with van der Waals surface area (Å²) in [5.41, 5.74) is 2.48. The summed E-state index contributed by atoms with van der Waals surface area (Å²) < 4.78 is 0. The average Bonchev–Trinajstić information content (AvgIpc) is 2.56. The Morgan fingerprint density at radius 3 is 1.38 bits per heavy atom. The molecule has 0 radical (unpaired) electrons. The summed E-state index contributed by atoms with van der Waals surface area (Å²) in [6.45, 7) is 12.0. The van der Waals surface area contributed by atoms with Gasteiger partial charge in [0.2, 0.25) is 0 Å². The minimum absolute atomic E-state index is 0.209. The lowest BCUT2D eigenvalue weighted by Gasteiger charge is -2.35. The zero-order valence-electron chi connectivity index (χ0n) is 16.4. The molecule has 2 aromatic rings. The van der Waals surface area contributed by atoms with Crippen molar-refractivity contribution in [1.82, 2.24) is 0 Å². The van der Waals surface area contributed by atoms with Crippen molar-refractivity contribution in [3.8, 4) is 11.5 Å². The van der Waals surface area contributed by atoms with Gasteiger partial charge in [-0.15, -0.1) is 0 Å².